The summed E-state index contributed by atoms with van der Waals surface area (Å²) in [5, 5.41) is 2.65. The van der Waals surface area contributed by atoms with E-state index in [1.54, 1.807) is 24.3 Å². The molecule has 0 unspecified atom stereocenters. The number of hydrogen-bond donors (Lipinski definition) is 1. The van der Waals surface area contributed by atoms with Gasteiger partial charge >= 0.3 is 0 Å². The molecule has 0 saturated heterocycles. The number of nitrogens with one attached hydrogen (secondary N) is 1. The molecule has 0 aliphatic rings. The van der Waals surface area contributed by atoms with Crippen LogP contribution in [0.1, 0.15) is 5.56 Å². The van der Waals surface area contributed by atoms with E-state index in [9.17, 15) is 13.6 Å². The monoisotopic (exact) mass is 379 g/mol. The summed E-state index contributed by atoms with van der Waals surface area (Å²) in [6, 6.07) is 11.6. The number of thioether (sulfide) groups is 1. The van der Waals surface area contributed by atoms with Crippen LogP contribution in [-0.2, 0) is 11.2 Å². The fourth-order valence-corrected chi connectivity index (χ4v) is 2.68. The Labute approximate surface area is 155 Å². The Balaban J connectivity index is 1.91. The van der Waals surface area contributed by atoms with E-state index in [1.165, 1.54) is 19.2 Å². The van der Waals surface area contributed by atoms with Gasteiger partial charge in [0.05, 0.1) is 7.11 Å². The largest absolute Gasteiger partial charge is 0.493 e. The van der Waals surface area contributed by atoms with Crippen LogP contribution in [0, 0.1) is 0 Å². The summed E-state index contributed by atoms with van der Waals surface area (Å²) in [5.41, 5.74) is 1.53. The first-order valence-corrected chi connectivity index (χ1v) is 8.65. The second-order valence-corrected chi connectivity index (χ2v) is 6.28. The smallest absolute Gasteiger partial charge is 0.288 e. The third kappa shape index (κ3) is 6.07. The Morgan fingerprint density at radius 1 is 1.23 bits per heavy atom. The molecule has 7 heteroatoms. The molecule has 0 heterocycles. The van der Waals surface area contributed by atoms with E-state index in [0.717, 1.165) is 5.56 Å². The first kappa shape index (κ1) is 19.8. The molecule has 0 aliphatic carbocycles. The molecule has 0 fully saturated rings. The number of methoxy groups -OCH3 is 1. The van der Waals surface area contributed by atoms with Gasteiger partial charge in [-0.15, -0.1) is 6.58 Å². The number of benzene rings is 2. The van der Waals surface area contributed by atoms with Crippen molar-refractivity contribution in [2.45, 2.75) is 17.1 Å². The van der Waals surface area contributed by atoms with Crippen molar-refractivity contribution < 1.29 is 23.0 Å². The van der Waals surface area contributed by atoms with Gasteiger partial charge in [0.1, 0.15) is 0 Å². The van der Waals surface area contributed by atoms with Crippen LogP contribution in [0.25, 0.3) is 0 Å². The number of allylic oxidation sites excluding steroid dienone is 1. The minimum Gasteiger partial charge on any atom is -0.493 e. The van der Waals surface area contributed by atoms with Crippen molar-refractivity contribution in [1.29, 1.82) is 0 Å². The quantitative estimate of drug-likeness (QED) is 0.504. The van der Waals surface area contributed by atoms with Crippen molar-refractivity contribution in [3.63, 3.8) is 0 Å². The predicted octanol–water partition coefficient (Wildman–Crippen LogP) is 4.76. The maximum atomic E-state index is 12.3. The maximum Gasteiger partial charge on any atom is 0.288 e. The highest BCUT2D eigenvalue weighted by molar-refractivity contribution is 7.99. The SMILES string of the molecule is C=CCc1ccc(OCC(=O)Nc2ccc(SC(F)F)cc2)c(OC)c1. The zero-order valence-electron chi connectivity index (χ0n) is 14.2. The van der Waals surface area contributed by atoms with Crippen LogP contribution in [0.15, 0.2) is 60.0 Å². The maximum absolute atomic E-state index is 12.3. The summed E-state index contributed by atoms with van der Waals surface area (Å²) < 4.78 is 35.3. The van der Waals surface area contributed by atoms with Crippen LogP contribution in [0.3, 0.4) is 0 Å². The summed E-state index contributed by atoms with van der Waals surface area (Å²) in [5.74, 6) is -1.85. The molecular formula is C19H19F2NO3S. The Morgan fingerprint density at radius 3 is 2.58 bits per heavy atom. The van der Waals surface area contributed by atoms with E-state index in [0.29, 0.717) is 40.3 Å². The molecule has 1 amide bonds. The lowest BCUT2D eigenvalue weighted by Crippen LogP contribution is -2.20. The second-order valence-electron chi connectivity index (χ2n) is 5.22. The fraction of sp³-hybridized carbons (Fsp3) is 0.211. The van der Waals surface area contributed by atoms with E-state index < -0.39 is 5.76 Å². The molecule has 2 aromatic rings. The molecule has 0 aromatic heterocycles. The highest BCUT2D eigenvalue weighted by Gasteiger charge is 2.10. The number of hydrogen-bond acceptors (Lipinski definition) is 4. The van der Waals surface area contributed by atoms with Crippen molar-refractivity contribution >= 4 is 23.4 Å². The number of rotatable bonds is 9. The van der Waals surface area contributed by atoms with Gasteiger partial charge in [-0.1, -0.05) is 23.9 Å². The number of ether oxygens (including phenoxy) is 2. The first-order valence-electron chi connectivity index (χ1n) is 7.77. The van der Waals surface area contributed by atoms with Crippen LogP contribution in [0.2, 0.25) is 0 Å². The molecule has 0 bridgehead atoms. The fourth-order valence-electron chi connectivity index (χ4n) is 2.18. The highest BCUT2D eigenvalue weighted by atomic mass is 32.2. The number of alkyl halides is 2. The number of anilines is 1. The molecule has 138 valence electrons. The molecule has 2 aromatic carbocycles. The molecule has 0 spiro atoms. The van der Waals surface area contributed by atoms with Gasteiger partial charge in [-0.25, -0.2) is 0 Å². The van der Waals surface area contributed by atoms with E-state index in [4.69, 9.17) is 9.47 Å². The summed E-state index contributed by atoms with van der Waals surface area (Å²) in [6.45, 7) is 3.49. The number of halogens is 2. The van der Waals surface area contributed by atoms with E-state index in [1.807, 2.05) is 12.1 Å². The number of carbonyl (C=O) groups excluding carboxylic acids is 1. The van der Waals surface area contributed by atoms with Gasteiger partial charge in [0.2, 0.25) is 0 Å². The van der Waals surface area contributed by atoms with Crippen molar-refractivity contribution in [2.75, 3.05) is 19.0 Å². The Kier molecular flexibility index (Phi) is 7.47. The molecule has 1 N–H and O–H groups in total. The molecule has 2 rings (SSSR count). The van der Waals surface area contributed by atoms with Crippen LogP contribution >= 0.6 is 11.8 Å². The van der Waals surface area contributed by atoms with Gasteiger partial charge in [0, 0.05) is 10.6 Å². The zero-order chi connectivity index (χ0) is 18.9. The Hall–Kier alpha value is -2.54. The van der Waals surface area contributed by atoms with Crippen LogP contribution in [-0.4, -0.2) is 25.4 Å². The topological polar surface area (TPSA) is 47.6 Å². The summed E-state index contributed by atoms with van der Waals surface area (Å²) in [4.78, 5) is 12.4. The van der Waals surface area contributed by atoms with Gasteiger partial charge in [0.25, 0.3) is 11.7 Å². The van der Waals surface area contributed by atoms with Crippen LogP contribution in [0.4, 0.5) is 14.5 Å². The summed E-state index contributed by atoms with van der Waals surface area (Å²) >= 11 is 0.451. The number of amides is 1. The minimum absolute atomic E-state index is 0.204. The minimum atomic E-state index is -2.48. The van der Waals surface area contributed by atoms with Gasteiger partial charge in [-0.3, -0.25) is 4.79 Å². The lowest BCUT2D eigenvalue weighted by molar-refractivity contribution is -0.118. The van der Waals surface area contributed by atoms with E-state index in [-0.39, 0.29) is 12.5 Å². The normalized spacial score (nSPS) is 10.5. The first-order chi connectivity index (χ1) is 12.5. The lowest BCUT2D eigenvalue weighted by Gasteiger charge is -2.12. The summed E-state index contributed by atoms with van der Waals surface area (Å²) in [7, 11) is 1.53. The van der Waals surface area contributed by atoms with Crippen LogP contribution < -0.4 is 14.8 Å². The molecule has 0 saturated carbocycles. The zero-order valence-corrected chi connectivity index (χ0v) is 15.0. The van der Waals surface area contributed by atoms with Crippen molar-refractivity contribution in [1.82, 2.24) is 0 Å². The highest BCUT2D eigenvalue weighted by Crippen LogP contribution is 2.29. The van der Waals surface area contributed by atoms with Crippen molar-refractivity contribution in [3.05, 3.63) is 60.7 Å². The average molecular weight is 379 g/mol. The Morgan fingerprint density at radius 2 is 1.96 bits per heavy atom. The molecular weight excluding hydrogens is 360 g/mol. The van der Waals surface area contributed by atoms with Crippen molar-refractivity contribution in [2.24, 2.45) is 0 Å². The average Bonchev–Trinajstić information content (AvgIpc) is 2.62. The molecule has 4 nitrogen and oxygen atoms in total. The summed E-state index contributed by atoms with van der Waals surface area (Å²) in [6.07, 6.45) is 2.49. The third-order valence-corrected chi connectivity index (χ3v) is 4.05. The standard InChI is InChI=1S/C19H19F2NO3S/c1-3-4-13-5-10-16(17(11-13)24-2)25-12-18(23)22-14-6-8-15(9-7-14)26-19(20)21/h3,5-11,19H,1,4,12H2,2H3,(H,22,23). The van der Waals surface area contributed by atoms with Crippen LogP contribution in [0.5, 0.6) is 11.5 Å². The van der Waals surface area contributed by atoms with Crippen molar-refractivity contribution in [3.8, 4) is 11.5 Å². The molecule has 0 aliphatic heterocycles. The van der Waals surface area contributed by atoms with E-state index in [2.05, 4.69) is 11.9 Å². The van der Waals surface area contributed by atoms with E-state index >= 15 is 0 Å². The van der Waals surface area contributed by atoms with Gasteiger partial charge in [-0.05, 0) is 48.4 Å². The molecule has 0 radical (unpaired) electrons. The predicted molar refractivity (Wildman–Crippen MR) is 99.3 cm³/mol. The Bertz CT molecular complexity index is 751. The second kappa shape index (κ2) is 9.82. The third-order valence-electron chi connectivity index (χ3n) is 3.33. The van der Waals surface area contributed by atoms with Gasteiger partial charge < -0.3 is 14.8 Å². The molecule has 26 heavy (non-hydrogen) atoms. The van der Waals surface area contributed by atoms with Gasteiger partial charge in [-0.2, -0.15) is 8.78 Å². The van der Waals surface area contributed by atoms with Gasteiger partial charge in [0.15, 0.2) is 18.1 Å². The number of carbonyl (C=O) groups is 1. The lowest BCUT2D eigenvalue weighted by atomic mass is 10.1. The molecule has 0 atom stereocenters.